The van der Waals surface area contributed by atoms with E-state index in [0.717, 1.165) is 0 Å². The van der Waals surface area contributed by atoms with Crippen molar-refractivity contribution in [3.8, 4) is 17.2 Å². The number of alkyl halides is 2. The lowest BCUT2D eigenvalue weighted by atomic mass is 9.98. The second kappa shape index (κ2) is 13.7. The predicted octanol–water partition coefficient (Wildman–Crippen LogP) is 4.41. The van der Waals surface area contributed by atoms with Crippen molar-refractivity contribution in [2.24, 2.45) is 0 Å². The van der Waals surface area contributed by atoms with E-state index in [-0.39, 0.29) is 32.1 Å². The van der Waals surface area contributed by atoms with Crippen molar-refractivity contribution in [2.75, 3.05) is 40.0 Å². The third-order valence-electron chi connectivity index (χ3n) is 6.72. The molecule has 0 unspecified atom stereocenters. The Balaban J connectivity index is 0.00000420. The number of amides is 1. The van der Waals surface area contributed by atoms with Crippen LogP contribution in [-0.4, -0.2) is 73.6 Å². The summed E-state index contributed by atoms with van der Waals surface area (Å²) in [6.07, 6.45) is 1.36. The third-order valence-corrected chi connectivity index (χ3v) is 6.72. The van der Waals surface area contributed by atoms with Gasteiger partial charge in [-0.05, 0) is 54.8 Å². The molecule has 0 aromatic heterocycles. The minimum atomic E-state index is -2.75. The second-order valence-corrected chi connectivity index (χ2v) is 9.76. The molecule has 8 nitrogen and oxygen atoms in total. The monoisotopic (exact) mass is 548 g/mol. The fourth-order valence-corrected chi connectivity index (χ4v) is 4.66. The molecule has 1 saturated heterocycles. The molecule has 0 bridgehead atoms. The molecule has 2 aromatic carbocycles. The van der Waals surface area contributed by atoms with Crippen molar-refractivity contribution < 1.29 is 37.7 Å². The van der Waals surface area contributed by atoms with Crippen LogP contribution in [0.5, 0.6) is 17.2 Å². The zero-order chi connectivity index (χ0) is 27.1. The van der Waals surface area contributed by atoms with Crippen molar-refractivity contribution >= 4 is 11.7 Å². The first-order valence-corrected chi connectivity index (χ1v) is 12.9. The molecule has 2 heterocycles. The average molecular weight is 549 g/mol. The molecule has 0 saturated carbocycles. The van der Waals surface area contributed by atoms with Gasteiger partial charge in [-0.2, -0.15) is 0 Å². The molecule has 2 aliphatic heterocycles. The van der Waals surface area contributed by atoms with E-state index < -0.39 is 31.2 Å². The number of aliphatic hydroxyl groups is 1. The number of hydrogen-bond donors (Lipinski definition) is 2. The lowest BCUT2D eigenvalue weighted by molar-refractivity contribution is -0.138. The molecule has 1 amide bonds. The van der Waals surface area contributed by atoms with Gasteiger partial charge in [0.2, 0.25) is 5.91 Å². The largest absolute Gasteiger partial charge is 0.497 e. The van der Waals surface area contributed by atoms with E-state index in [1.54, 1.807) is 49.6 Å². The summed E-state index contributed by atoms with van der Waals surface area (Å²) in [5.41, 5.74) is 1.12. The molecule has 214 valence electrons. The van der Waals surface area contributed by atoms with Crippen molar-refractivity contribution in [1.82, 2.24) is 10.2 Å². The van der Waals surface area contributed by atoms with Gasteiger partial charge in [0.15, 0.2) is 17.3 Å². The van der Waals surface area contributed by atoms with E-state index in [4.69, 9.17) is 14.2 Å². The highest BCUT2D eigenvalue weighted by molar-refractivity contribution is 5.96. The Labute approximate surface area is 228 Å². The van der Waals surface area contributed by atoms with Crippen molar-refractivity contribution in [1.29, 1.82) is 0 Å². The van der Waals surface area contributed by atoms with E-state index in [1.807, 2.05) is 0 Å². The molecular weight excluding hydrogens is 510 g/mol. The number of likely N-dealkylation sites (tertiary alicyclic amines) is 1. The molecule has 0 aliphatic carbocycles. The first-order valence-electron chi connectivity index (χ1n) is 12.9. The summed E-state index contributed by atoms with van der Waals surface area (Å²) >= 11 is 0. The number of fused-ring (bicyclic) bond motifs is 1. The number of aliphatic hydroxyl groups excluding tert-OH is 1. The SMILES string of the molecule is C.COc1ccc(C(=O)CCCCCC(=O)N[C@H](CN2CC(F)(F)C2)[C@H](O)c2ccc3c(c2)OCCO3)cc1. The van der Waals surface area contributed by atoms with E-state index >= 15 is 0 Å². The number of ether oxygens (including phenoxy) is 3. The Kier molecular flexibility index (Phi) is 10.7. The predicted molar refractivity (Wildman–Crippen MR) is 143 cm³/mol. The summed E-state index contributed by atoms with van der Waals surface area (Å²) in [6, 6.07) is 11.2. The number of halogens is 2. The summed E-state index contributed by atoms with van der Waals surface area (Å²) in [7, 11) is 1.57. The Hall–Kier alpha value is -3.24. The number of ketones is 1. The van der Waals surface area contributed by atoms with Gasteiger partial charge in [0, 0.05) is 24.9 Å². The molecule has 2 atom stereocenters. The van der Waals surface area contributed by atoms with Gasteiger partial charge >= 0.3 is 0 Å². The van der Waals surface area contributed by atoms with Crippen LogP contribution < -0.4 is 19.5 Å². The van der Waals surface area contributed by atoms with Crippen molar-refractivity contribution in [3.63, 3.8) is 0 Å². The Morgan fingerprint density at radius 3 is 2.36 bits per heavy atom. The number of carbonyl (C=O) groups excluding carboxylic acids is 2. The van der Waals surface area contributed by atoms with Crippen LogP contribution in [0.4, 0.5) is 8.78 Å². The van der Waals surface area contributed by atoms with Gasteiger partial charge in [0.25, 0.3) is 5.92 Å². The van der Waals surface area contributed by atoms with E-state index in [2.05, 4.69) is 5.32 Å². The zero-order valence-electron chi connectivity index (χ0n) is 21.5. The highest BCUT2D eigenvalue weighted by Crippen LogP contribution is 2.34. The minimum absolute atomic E-state index is 0. The van der Waals surface area contributed by atoms with Crippen LogP contribution in [0.2, 0.25) is 0 Å². The van der Waals surface area contributed by atoms with Crippen LogP contribution in [0.25, 0.3) is 0 Å². The van der Waals surface area contributed by atoms with Crippen LogP contribution >= 0.6 is 0 Å². The normalized spacial score (nSPS) is 17.2. The van der Waals surface area contributed by atoms with Gasteiger partial charge < -0.3 is 24.6 Å². The highest BCUT2D eigenvalue weighted by atomic mass is 19.3. The number of unbranched alkanes of at least 4 members (excludes halogenated alkanes) is 2. The molecule has 2 N–H and O–H groups in total. The van der Waals surface area contributed by atoms with Gasteiger partial charge in [-0.1, -0.05) is 19.9 Å². The first-order chi connectivity index (χ1) is 18.2. The van der Waals surface area contributed by atoms with Crippen LogP contribution in [0.1, 0.15) is 61.6 Å². The number of nitrogens with one attached hydrogen (secondary N) is 1. The maximum Gasteiger partial charge on any atom is 0.272 e. The Bertz CT molecular complexity index is 1100. The molecule has 0 radical (unpaired) electrons. The lowest BCUT2D eigenvalue weighted by Crippen LogP contribution is -2.60. The fourth-order valence-electron chi connectivity index (χ4n) is 4.66. The maximum absolute atomic E-state index is 13.4. The molecule has 1 fully saturated rings. The summed E-state index contributed by atoms with van der Waals surface area (Å²) < 4.78 is 43.0. The number of methoxy groups -OCH3 is 1. The number of hydrogen-bond acceptors (Lipinski definition) is 7. The van der Waals surface area contributed by atoms with Gasteiger partial charge in [-0.25, -0.2) is 8.78 Å². The summed E-state index contributed by atoms with van der Waals surface area (Å²) in [5, 5.41) is 13.9. The quantitative estimate of drug-likeness (QED) is 0.283. The number of carbonyl (C=O) groups is 2. The third kappa shape index (κ3) is 8.37. The van der Waals surface area contributed by atoms with Gasteiger partial charge in [0.05, 0.1) is 26.2 Å². The van der Waals surface area contributed by atoms with Crippen LogP contribution in [-0.2, 0) is 4.79 Å². The van der Waals surface area contributed by atoms with Crippen LogP contribution in [0, 0.1) is 0 Å². The Morgan fingerprint density at radius 2 is 1.69 bits per heavy atom. The number of benzene rings is 2. The van der Waals surface area contributed by atoms with Gasteiger partial charge in [-0.3, -0.25) is 14.5 Å². The van der Waals surface area contributed by atoms with Crippen molar-refractivity contribution in [2.45, 2.75) is 57.6 Å². The second-order valence-electron chi connectivity index (χ2n) is 9.76. The summed E-state index contributed by atoms with van der Waals surface area (Å²) in [5.74, 6) is -1.24. The van der Waals surface area contributed by atoms with Gasteiger partial charge in [-0.15, -0.1) is 0 Å². The Morgan fingerprint density at radius 1 is 1.03 bits per heavy atom. The van der Waals surface area contributed by atoms with Crippen LogP contribution in [0.15, 0.2) is 42.5 Å². The summed E-state index contributed by atoms with van der Waals surface area (Å²) in [4.78, 5) is 26.6. The molecule has 0 spiro atoms. The first kappa shape index (κ1) is 30.3. The standard InChI is InChI=1S/C28H34F2N2O6.CH4/c1-36-21-10-7-19(8-11-21)23(33)5-3-2-4-6-26(34)31-22(16-32-17-28(29,30)18-32)27(35)20-9-12-24-25(15-20)38-14-13-37-24;/h7-12,15,22,27,35H,2-6,13-14,16-18H2,1H3,(H,31,34);1H4/t22-,27-;/m1./s1. The molecule has 39 heavy (non-hydrogen) atoms. The molecular formula is C29H38F2N2O6. The topological polar surface area (TPSA) is 97.3 Å². The maximum atomic E-state index is 13.4. The molecule has 4 rings (SSSR count). The lowest BCUT2D eigenvalue weighted by Gasteiger charge is -2.41. The van der Waals surface area contributed by atoms with E-state index in [0.29, 0.717) is 67.3 Å². The molecule has 10 heteroatoms. The summed E-state index contributed by atoms with van der Waals surface area (Å²) in [6.45, 7) is 0.103. The van der Waals surface area contributed by atoms with Crippen LogP contribution in [0.3, 0.4) is 0 Å². The minimum Gasteiger partial charge on any atom is -0.497 e. The molecule has 2 aromatic rings. The number of nitrogens with zero attached hydrogens (tertiary/aromatic N) is 1. The van der Waals surface area contributed by atoms with E-state index in [9.17, 15) is 23.5 Å². The smallest absolute Gasteiger partial charge is 0.272 e. The molecule has 2 aliphatic rings. The fraction of sp³-hybridized carbons (Fsp3) is 0.517. The highest BCUT2D eigenvalue weighted by Gasteiger charge is 2.45. The van der Waals surface area contributed by atoms with E-state index in [1.165, 1.54) is 4.90 Å². The van der Waals surface area contributed by atoms with Crippen molar-refractivity contribution in [3.05, 3.63) is 53.6 Å². The number of rotatable bonds is 13. The zero-order valence-corrected chi connectivity index (χ0v) is 21.5. The number of Topliss-reactive ketones (excluding diaryl/α,β-unsaturated/α-hetero) is 1. The van der Waals surface area contributed by atoms with Gasteiger partial charge in [0.1, 0.15) is 25.1 Å². The average Bonchev–Trinajstić information content (AvgIpc) is 2.90.